The van der Waals surface area contributed by atoms with Gasteiger partial charge in [0.25, 0.3) is 0 Å². The van der Waals surface area contributed by atoms with E-state index in [2.05, 4.69) is 24.9 Å². The van der Waals surface area contributed by atoms with Gasteiger partial charge in [0.05, 0.1) is 25.5 Å². The molecule has 1 unspecified atom stereocenters. The molecule has 1 atom stereocenters. The summed E-state index contributed by atoms with van der Waals surface area (Å²) in [5.41, 5.74) is 3.16. The number of aliphatic imine (C=N–C) groups is 1. The van der Waals surface area contributed by atoms with Crippen LogP contribution in [0.15, 0.2) is 65.2 Å². The number of rotatable bonds is 13. The minimum Gasteiger partial charge on any atom is -0.494 e. The summed E-state index contributed by atoms with van der Waals surface area (Å²) in [6.45, 7) is 6.40. The first-order chi connectivity index (χ1) is 15.7. The molecule has 172 valence electrons. The first kappa shape index (κ1) is 24.1. The SMILES string of the molecule is CCCCCCCCCOc1ccc(C=Nc2ccc(OC3COCC=C3C)cc2)cc1. The zero-order valence-corrected chi connectivity index (χ0v) is 19.6. The van der Waals surface area contributed by atoms with Crippen molar-refractivity contribution >= 4 is 11.9 Å². The maximum absolute atomic E-state index is 6.01. The Bertz CT molecular complexity index is 840. The minimum atomic E-state index is -0.00960. The summed E-state index contributed by atoms with van der Waals surface area (Å²) in [6.07, 6.45) is 13.0. The van der Waals surface area contributed by atoms with Gasteiger partial charge in [-0.15, -0.1) is 0 Å². The van der Waals surface area contributed by atoms with E-state index in [-0.39, 0.29) is 6.10 Å². The molecule has 0 saturated heterocycles. The van der Waals surface area contributed by atoms with E-state index in [0.29, 0.717) is 13.2 Å². The molecule has 0 saturated carbocycles. The van der Waals surface area contributed by atoms with Crippen LogP contribution in [0, 0.1) is 0 Å². The number of ether oxygens (including phenoxy) is 3. The van der Waals surface area contributed by atoms with Crippen LogP contribution >= 0.6 is 0 Å². The first-order valence-electron chi connectivity index (χ1n) is 12.0. The van der Waals surface area contributed by atoms with Crippen LogP contribution in [0.25, 0.3) is 0 Å². The highest BCUT2D eigenvalue weighted by Crippen LogP contribution is 2.22. The zero-order valence-electron chi connectivity index (χ0n) is 19.6. The van der Waals surface area contributed by atoms with Gasteiger partial charge < -0.3 is 14.2 Å². The lowest BCUT2D eigenvalue weighted by Crippen LogP contribution is -2.28. The highest BCUT2D eigenvalue weighted by molar-refractivity contribution is 5.82. The largest absolute Gasteiger partial charge is 0.494 e. The van der Waals surface area contributed by atoms with E-state index in [1.165, 1.54) is 44.1 Å². The van der Waals surface area contributed by atoms with Gasteiger partial charge in [0, 0.05) is 6.21 Å². The number of hydrogen-bond acceptors (Lipinski definition) is 4. The van der Waals surface area contributed by atoms with Crippen molar-refractivity contribution in [2.45, 2.75) is 64.9 Å². The summed E-state index contributed by atoms with van der Waals surface area (Å²) >= 11 is 0. The average Bonchev–Trinajstić information content (AvgIpc) is 2.82. The first-order valence-corrected chi connectivity index (χ1v) is 12.0. The maximum Gasteiger partial charge on any atom is 0.143 e. The number of unbranched alkanes of at least 4 members (excludes halogenated alkanes) is 6. The number of nitrogens with zero attached hydrogens (tertiary/aromatic N) is 1. The van der Waals surface area contributed by atoms with Gasteiger partial charge in [-0.1, -0.05) is 51.5 Å². The molecule has 0 aromatic heterocycles. The summed E-state index contributed by atoms with van der Waals surface area (Å²) in [6, 6.07) is 16.0. The Morgan fingerprint density at radius 2 is 1.59 bits per heavy atom. The smallest absolute Gasteiger partial charge is 0.143 e. The molecule has 2 aromatic rings. The van der Waals surface area contributed by atoms with Crippen molar-refractivity contribution in [1.29, 1.82) is 0 Å². The number of hydrogen-bond donors (Lipinski definition) is 0. The third-order valence-corrected chi connectivity index (χ3v) is 5.67. The molecule has 4 heteroatoms. The van der Waals surface area contributed by atoms with Gasteiger partial charge in [-0.25, -0.2) is 0 Å². The number of benzene rings is 2. The predicted molar refractivity (Wildman–Crippen MR) is 133 cm³/mol. The molecule has 1 heterocycles. The molecule has 0 fully saturated rings. The fraction of sp³-hybridized carbons (Fsp3) is 0.464. The Hall–Kier alpha value is -2.59. The summed E-state index contributed by atoms with van der Waals surface area (Å²) in [5.74, 6) is 1.75. The van der Waals surface area contributed by atoms with Crippen molar-refractivity contribution < 1.29 is 14.2 Å². The average molecular weight is 436 g/mol. The second-order valence-corrected chi connectivity index (χ2v) is 8.38. The summed E-state index contributed by atoms with van der Waals surface area (Å²) in [4.78, 5) is 4.57. The van der Waals surface area contributed by atoms with Gasteiger partial charge in [0.15, 0.2) is 0 Å². The Kier molecular flexibility index (Phi) is 10.3. The Balaban J connectivity index is 1.38. The zero-order chi connectivity index (χ0) is 22.4. The molecule has 2 aromatic carbocycles. The lowest BCUT2D eigenvalue weighted by atomic mass is 10.1. The van der Waals surface area contributed by atoms with Crippen LogP contribution in [0.5, 0.6) is 11.5 Å². The minimum absolute atomic E-state index is 0.00960. The van der Waals surface area contributed by atoms with Crippen molar-refractivity contribution in [3.8, 4) is 11.5 Å². The normalized spacial score (nSPS) is 16.2. The van der Waals surface area contributed by atoms with Crippen LogP contribution in [0.3, 0.4) is 0 Å². The van der Waals surface area contributed by atoms with Gasteiger partial charge in [0.2, 0.25) is 0 Å². The fourth-order valence-electron chi connectivity index (χ4n) is 3.58. The quantitative estimate of drug-likeness (QED) is 0.188. The van der Waals surface area contributed by atoms with Gasteiger partial charge in [-0.05, 0) is 73.0 Å². The lowest BCUT2D eigenvalue weighted by molar-refractivity contribution is 0.0681. The summed E-state index contributed by atoms with van der Waals surface area (Å²) in [7, 11) is 0. The van der Waals surface area contributed by atoms with E-state index in [0.717, 1.165) is 35.8 Å². The van der Waals surface area contributed by atoms with Gasteiger partial charge >= 0.3 is 0 Å². The lowest BCUT2D eigenvalue weighted by Gasteiger charge is -2.23. The van der Waals surface area contributed by atoms with Crippen LogP contribution in [0.1, 0.15) is 64.4 Å². The van der Waals surface area contributed by atoms with Crippen molar-refractivity contribution in [3.63, 3.8) is 0 Å². The Morgan fingerprint density at radius 3 is 2.31 bits per heavy atom. The van der Waals surface area contributed by atoms with E-state index in [4.69, 9.17) is 14.2 Å². The predicted octanol–water partition coefficient (Wildman–Crippen LogP) is 7.29. The van der Waals surface area contributed by atoms with E-state index in [1.54, 1.807) is 0 Å². The molecule has 0 spiro atoms. The van der Waals surface area contributed by atoms with Gasteiger partial charge in [-0.2, -0.15) is 0 Å². The van der Waals surface area contributed by atoms with Crippen molar-refractivity contribution in [2.24, 2.45) is 4.99 Å². The molecular formula is C28H37NO3. The molecule has 0 N–H and O–H groups in total. The molecule has 1 aliphatic heterocycles. The molecule has 0 bridgehead atoms. The van der Waals surface area contributed by atoms with Gasteiger partial charge in [-0.3, -0.25) is 4.99 Å². The van der Waals surface area contributed by atoms with E-state index in [1.807, 2.05) is 54.7 Å². The van der Waals surface area contributed by atoms with Crippen molar-refractivity contribution in [1.82, 2.24) is 0 Å². The standard InChI is InChI=1S/C28H37NO3/c1-3-4-5-6-7-8-9-19-31-26-14-10-24(11-15-26)21-29-25-12-16-27(17-13-25)32-28-22-30-20-18-23(28)2/h10-18,21,28H,3-9,19-20,22H2,1-2H3. The van der Waals surface area contributed by atoms with Crippen LogP contribution < -0.4 is 9.47 Å². The molecule has 0 aliphatic carbocycles. The van der Waals surface area contributed by atoms with Crippen LogP contribution in [-0.4, -0.2) is 32.1 Å². The highest BCUT2D eigenvalue weighted by atomic mass is 16.5. The molecule has 0 radical (unpaired) electrons. The second-order valence-electron chi connectivity index (χ2n) is 8.38. The molecular weight excluding hydrogens is 398 g/mol. The van der Waals surface area contributed by atoms with E-state index < -0.39 is 0 Å². The monoisotopic (exact) mass is 435 g/mol. The fourth-order valence-corrected chi connectivity index (χ4v) is 3.58. The summed E-state index contributed by atoms with van der Waals surface area (Å²) in [5, 5.41) is 0. The van der Waals surface area contributed by atoms with Crippen molar-refractivity contribution in [2.75, 3.05) is 19.8 Å². The third-order valence-electron chi connectivity index (χ3n) is 5.67. The maximum atomic E-state index is 6.01. The van der Waals surface area contributed by atoms with Crippen LogP contribution in [0.4, 0.5) is 5.69 Å². The molecule has 0 amide bonds. The third kappa shape index (κ3) is 8.51. The Labute approximate surface area is 193 Å². The van der Waals surface area contributed by atoms with E-state index in [9.17, 15) is 0 Å². The molecule has 1 aliphatic rings. The summed E-state index contributed by atoms with van der Waals surface area (Å²) < 4.78 is 17.3. The van der Waals surface area contributed by atoms with Crippen LogP contribution in [-0.2, 0) is 4.74 Å². The van der Waals surface area contributed by atoms with E-state index >= 15 is 0 Å². The molecule has 32 heavy (non-hydrogen) atoms. The molecule has 4 nitrogen and oxygen atoms in total. The molecule has 3 rings (SSSR count). The highest BCUT2D eigenvalue weighted by Gasteiger charge is 2.16. The second kappa shape index (κ2) is 13.7. The van der Waals surface area contributed by atoms with Crippen molar-refractivity contribution in [3.05, 3.63) is 65.7 Å². The Morgan fingerprint density at radius 1 is 0.906 bits per heavy atom. The van der Waals surface area contributed by atoms with Crippen LogP contribution in [0.2, 0.25) is 0 Å². The topological polar surface area (TPSA) is 40.0 Å². The van der Waals surface area contributed by atoms with Gasteiger partial charge in [0.1, 0.15) is 17.6 Å².